The number of ketones is 1. The molecule has 0 amide bonds. The molecule has 31 heavy (non-hydrogen) atoms. The van der Waals surface area contributed by atoms with Gasteiger partial charge >= 0.3 is 0 Å². The molecule has 168 valence electrons. The molecule has 0 saturated heterocycles. The number of fused-ring (bicyclic) bond motifs is 1. The van der Waals surface area contributed by atoms with E-state index in [0.29, 0.717) is 57.6 Å². The van der Waals surface area contributed by atoms with Crippen LogP contribution in [0.25, 0.3) is 11.1 Å². The SMILES string of the molecule is COc1cc(CO)c(-c2c(C[C@H](C)C(C)=O)cc3c(c2OC)OCO3)c(OC)c1OC. The van der Waals surface area contributed by atoms with Crippen molar-refractivity contribution in [2.45, 2.75) is 26.9 Å². The summed E-state index contributed by atoms with van der Waals surface area (Å²) in [6, 6.07) is 3.54. The Balaban J connectivity index is 2.42. The van der Waals surface area contributed by atoms with Gasteiger partial charge in [0.1, 0.15) is 5.78 Å². The van der Waals surface area contributed by atoms with E-state index in [1.54, 1.807) is 13.0 Å². The average molecular weight is 432 g/mol. The third kappa shape index (κ3) is 3.95. The fourth-order valence-corrected chi connectivity index (χ4v) is 3.77. The van der Waals surface area contributed by atoms with E-state index >= 15 is 0 Å². The van der Waals surface area contributed by atoms with Gasteiger partial charge in [-0.25, -0.2) is 0 Å². The molecule has 0 radical (unpaired) electrons. The highest BCUT2D eigenvalue weighted by Crippen LogP contribution is 2.55. The molecule has 2 aromatic rings. The Morgan fingerprint density at radius 3 is 2.16 bits per heavy atom. The smallest absolute Gasteiger partial charge is 0.231 e. The number of rotatable bonds is 9. The number of aliphatic hydroxyl groups is 1. The van der Waals surface area contributed by atoms with Crippen molar-refractivity contribution in [2.24, 2.45) is 5.92 Å². The number of hydrogen-bond acceptors (Lipinski definition) is 8. The molecule has 0 aromatic heterocycles. The summed E-state index contributed by atoms with van der Waals surface area (Å²) in [4.78, 5) is 12.0. The molecule has 0 fully saturated rings. The zero-order chi connectivity index (χ0) is 22.7. The third-order valence-electron chi connectivity index (χ3n) is 5.46. The number of carbonyl (C=O) groups is 1. The average Bonchev–Trinajstić information content (AvgIpc) is 3.24. The summed E-state index contributed by atoms with van der Waals surface area (Å²) in [7, 11) is 6.07. The first kappa shape index (κ1) is 22.6. The quantitative estimate of drug-likeness (QED) is 0.645. The summed E-state index contributed by atoms with van der Waals surface area (Å²) in [5.41, 5.74) is 2.55. The number of hydrogen-bond donors (Lipinski definition) is 1. The highest BCUT2D eigenvalue weighted by molar-refractivity contribution is 5.89. The Bertz CT molecular complexity index is 983. The van der Waals surface area contributed by atoms with E-state index in [4.69, 9.17) is 28.4 Å². The minimum atomic E-state index is -0.286. The summed E-state index contributed by atoms with van der Waals surface area (Å²) >= 11 is 0. The van der Waals surface area contributed by atoms with Gasteiger partial charge in [0, 0.05) is 17.0 Å². The molecule has 1 aliphatic rings. The normalized spacial score (nSPS) is 13.0. The van der Waals surface area contributed by atoms with Crippen molar-refractivity contribution in [2.75, 3.05) is 35.2 Å². The zero-order valence-electron chi connectivity index (χ0n) is 18.7. The molecule has 2 aromatic carbocycles. The molecule has 1 aliphatic heterocycles. The van der Waals surface area contributed by atoms with Crippen LogP contribution in [0.5, 0.6) is 34.5 Å². The Morgan fingerprint density at radius 2 is 1.61 bits per heavy atom. The van der Waals surface area contributed by atoms with E-state index in [-0.39, 0.29) is 25.1 Å². The van der Waals surface area contributed by atoms with Crippen LogP contribution in [0.1, 0.15) is 25.0 Å². The van der Waals surface area contributed by atoms with Crippen LogP contribution in [0.3, 0.4) is 0 Å². The minimum absolute atomic E-state index is 0.0595. The first-order valence-electron chi connectivity index (χ1n) is 9.84. The van der Waals surface area contributed by atoms with Crippen molar-refractivity contribution >= 4 is 5.78 Å². The molecule has 0 saturated carbocycles. The van der Waals surface area contributed by atoms with Gasteiger partial charge < -0.3 is 33.5 Å². The molecule has 0 spiro atoms. The number of carbonyl (C=O) groups excluding carboxylic acids is 1. The second-order valence-electron chi connectivity index (χ2n) is 7.23. The van der Waals surface area contributed by atoms with Crippen LogP contribution in [0, 0.1) is 5.92 Å². The fraction of sp³-hybridized carbons (Fsp3) is 0.435. The topological polar surface area (TPSA) is 92.7 Å². The Hall–Kier alpha value is -3.13. The lowest BCUT2D eigenvalue weighted by Crippen LogP contribution is -2.11. The summed E-state index contributed by atoms with van der Waals surface area (Å²) in [6.07, 6.45) is 0.431. The monoisotopic (exact) mass is 432 g/mol. The number of Topliss-reactive ketones (excluding diaryl/α,β-unsaturated/α-hetero) is 1. The summed E-state index contributed by atoms with van der Waals surface area (Å²) in [6.45, 7) is 3.20. The maximum absolute atomic E-state index is 12.0. The second-order valence-corrected chi connectivity index (χ2v) is 7.23. The van der Waals surface area contributed by atoms with E-state index < -0.39 is 0 Å². The van der Waals surface area contributed by atoms with E-state index in [1.807, 2.05) is 13.0 Å². The van der Waals surface area contributed by atoms with Gasteiger partial charge in [0.25, 0.3) is 0 Å². The van der Waals surface area contributed by atoms with E-state index in [2.05, 4.69) is 0 Å². The number of ether oxygens (including phenoxy) is 6. The first-order chi connectivity index (χ1) is 14.9. The molecule has 1 heterocycles. The molecule has 1 atom stereocenters. The van der Waals surface area contributed by atoms with Gasteiger partial charge in [-0.15, -0.1) is 0 Å². The molecule has 1 N–H and O–H groups in total. The molecule has 0 bridgehead atoms. The van der Waals surface area contributed by atoms with E-state index in [9.17, 15) is 9.90 Å². The molecular formula is C23H28O8. The van der Waals surface area contributed by atoms with Crippen molar-refractivity contribution in [3.63, 3.8) is 0 Å². The Kier molecular flexibility index (Phi) is 6.80. The Morgan fingerprint density at radius 1 is 0.968 bits per heavy atom. The van der Waals surface area contributed by atoms with Gasteiger partial charge in [0.2, 0.25) is 18.3 Å². The highest BCUT2D eigenvalue weighted by Gasteiger charge is 2.32. The standard InChI is InChI=1S/C23H28O8/c1-12(13(2)25)7-14-8-17-21(31-11-30-17)23(29-6)18(14)19-15(10-24)9-16(26-3)20(27-4)22(19)28-5/h8-9,12,24H,7,10-11H2,1-6H3/t12-/m0/s1. The number of methoxy groups -OCH3 is 4. The van der Waals surface area contributed by atoms with Crippen LogP contribution in [0.15, 0.2) is 12.1 Å². The molecule has 8 nitrogen and oxygen atoms in total. The third-order valence-corrected chi connectivity index (χ3v) is 5.46. The maximum atomic E-state index is 12.0. The molecule has 3 rings (SSSR count). The predicted molar refractivity (Wildman–Crippen MR) is 114 cm³/mol. The molecule has 0 unspecified atom stereocenters. The van der Waals surface area contributed by atoms with Crippen molar-refractivity contribution in [1.29, 1.82) is 0 Å². The van der Waals surface area contributed by atoms with Crippen LogP contribution in [0.2, 0.25) is 0 Å². The summed E-state index contributed by atoms with van der Waals surface area (Å²) in [5.74, 6) is 2.42. The molecule has 8 heteroatoms. The van der Waals surface area contributed by atoms with Crippen molar-refractivity contribution in [1.82, 2.24) is 0 Å². The van der Waals surface area contributed by atoms with Gasteiger partial charge in [-0.3, -0.25) is 4.79 Å². The first-order valence-corrected chi connectivity index (χ1v) is 9.84. The van der Waals surface area contributed by atoms with Crippen LogP contribution >= 0.6 is 0 Å². The molecule has 0 aliphatic carbocycles. The minimum Gasteiger partial charge on any atom is -0.493 e. The van der Waals surface area contributed by atoms with Gasteiger partial charge in [-0.05, 0) is 36.6 Å². The summed E-state index contributed by atoms with van der Waals surface area (Å²) < 4.78 is 33.7. The number of benzene rings is 2. The fourth-order valence-electron chi connectivity index (χ4n) is 3.77. The van der Waals surface area contributed by atoms with E-state index in [0.717, 1.165) is 5.56 Å². The van der Waals surface area contributed by atoms with Crippen molar-refractivity contribution < 1.29 is 38.3 Å². The number of aliphatic hydroxyl groups excluding tert-OH is 1. The molecular weight excluding hydrogens is 404 g/mol. The predicted octanol–water partition coefficient (Wildman–Crippen LogP) is 3.38. The van der Waals surface area contributed by atoms with Crippen molar-refractivity contribution in [3.05, 3.63) is 23.3 Å². The van der Waals surface area contributed by atoms with Crippen LogP contribution in [-0.4, -0.2) is 46.1 Å². The van der Waals surface area contributed by atoms with E-state index in [1.165, 1.54) is 28.4 Å². The lowest BCUT2D eigenvalue weighted by molar-refractivity contribution is -0.120. The second kappa shape index (κ2) is 9.34. The van der Waals surface area contributed by atoms with Crippen LogP contribution in [-0.2, 0) is 17.8 Å². The van der Waals surface area contributed by atoms with Crippen LogP contribution in [0.4, 0.5) is 0 Å². The largest absolute Gasteiger partial charge is 0.493 e. The maximum Gasteiger partial charge on any atom is 0.231 e. The van der Waals surface area contributed by atoms with Gasteiger partial charge in [-0.2, -0.15) is 0 Å². The van der Waals surface area contributed by atoms with Gasteiger partial charge in [-0.1, -0.05) is 6.92 Å². The van der Waals surface area contributed by atoms with Gasteiger partial charge in [0.15, 0.2) is 23.0 Å². The highest BCUT2D eigenvalue weighted by atomic mass is 16.7. The van der Waals surface area contributed by atoms with Crippen LogP contribution < -0.4 is 28.4 Å². The van der Waals surface area contributed by atoms with Crippen molar-refractivity contribution in [3.8, 4) is 45.6 Å². The zero-order valence-corrected chi connectivity index (χ0v) is 18.7. The van der Waals surface area contributed by atoms with Gasteiger partial charge in [0.05, 0.1) is 35.0 Å². The summed E-state index contributed by atoms with van der Waals surface area (Å²) in [5, 5.41) is 10.2. The lowest BCUT2D eigenvalue weighted by Gasteiger charge is -2.23. The lowest BCUT2D eigenvalue weighted by atomic mass is 9.87. The Labute approximate surface area is 181 Å².